The number of carboxylic acid groups (broad SMARTS) is 1. The van der Waals surface area contributed by atoms with Crippen molar-refractivity contribution in [2.24, 2.45) is 0 Å². The molecule has 3 aromatic rings. The van der Waals surface area contributed by atoms with Crippen molar-refractivity contribution in [1.82, 2.24) is 10.1 Å². The molecule has 0 atom stereocenters. The van der Waals surface area contributed by atoms with Crippen LogP contribution >= 0.6 is 15.9 Å². The van der Waals surface area contributed by atoms with E-state index in [0.29, 0.717) is 17.3 Å². The van der Waals surface area contributed by atoms with Gasteiger partial charge >= 0.3 is 5.97 Å². The van der Waals surface area contributed by atoms with Crippen molar-refractivity contribution >= 4 is 21.9 Å². The van der Waals surface area contributed by atoms with Gasteiger partial charge in [-0.25, -0.2) is 4.79 Å². The van der Waals surface area contributed by atoms with Crippen molar-refractivity contribution in [2.45, 2.75) is 0 Å². The molecule has 0 unspecified atom stereocenters. The van der Waals surface area contributed by atoms with Gasteiger partial charge in [-0.1, -0.05) is 29.4 Å². The topological polar surface area (TPSA) is 76.2 Å². The smallest absolute Gasteiger partial charge is 0.335 e. The Kier molecular flexibility index (Phi) is 3.53. The van der Waals surface area contributed by atoms with Crippen LogP contribution in [0.15, 0.2) is 57.5 Å². The Balaban J connectivity index is 2.01. The molecule has 0 aliphatic carbocycles. The van der Waals surface area contributed by atoms with Crippen molar-refractivity contribution in [2.75, 3.05) is 0 Å². The molecule has 6 heteroatoms. The number of halogens is 1. The first-order valence-electron chi connectivity index (χ1n) is 6.07. The molecule has 0 radical (unpaired) electrons. The summed E-state index contributed by atoms with van der Waals surface area (Å²) in [5, 5.41) is 12.9. The molecule has 21 heavy (non-hydrogen) atoms. The summed E-state index contributed by atoms with van der Waals surface area (Å²) in [5.41, 5.74) is 1.56. The lowest BCUT2D eigenvalue weighted by atomic mass is 10.1. The number of benzene rings is 2. The lowest BCUT2D eigenvalue weighted by Gasteiger charge is -1.97. The van der Waals surface area contributed by atoms with Gasteiger partial charge in [0, 0.05) is 10.0 Å². The molecule has 104 valence electrons. The molecule has 3 rings (SSSR count). The highest BCUT2D eigenvalue weighted by molar-refractivity contribution is 9.10. The standard InChI is InChI=1S/C15H9BrN2O3/c16-12-7-2-1-6-11(12)14-17-13(18-21-14)9-4-3-5-10(8-9)15(19)20/h1-8H,(H,19,20). The fourth-order valence-electron chi connectivity index (χ4n) is 1.88. The van der Waals surface area contributed by atoms with E-state index in [2.05, 4.69) is 26.1 Å². The van der Waals surface area contributed by atoms with E-state index < -0.39 is 5.97 Å². The van der Waals surface area contributed by atoms with Gasteiger partial charge in [0.05, 0.1) is 11.1 Å². The van der Waals surface area contributed by atoms with Gasteiger partial charge in [0.25, 0.3) is 5.89 Å². The first-order valence-corrected chi connectivity index (χ1v) is 6.87. The summed E-state index contributed by atoms with van der Waals surface area (Å²) in [6.07, 6.45) is 0. The van der Waals surface area contributed by atoms with Crippen LogP contribution in [0.25, 0.3) is 22.8 Å². The second-order valence-electron chi connectivity index (χ2n) is 4.29. The fraction of sp³-hybridized carbons (Fsp3) is 0. The summed E-state index contributed by atoms with van der Waals surface area (Å²) >= 11 is 3.42. The number of carbonyl (C=O) groups is 1. The van der Waals surface area contributed by atoms with Crippen molar-refractivity contribution in [3.05, 3.63) is 58.6 Å². The minimum absolute atomic E-state index is 0.180. The second kappa shape index (κ2) is 5.49. The number of nitrogens with zero attached hydrogens (tertiary/aromatic N) is 2. The molecule has 0 aliphatic heterocycles. The molecule has 5 nitrogen and oxygen atoms in total. The van der Waals surface area contributed by atoms with Crippen LogP contribution in [-0.2, 0) is 0 Å². The van der Waals surface area contributed by atoms with Gasteiger partial charge in [-0.3, -0.25) is 0 Å². The Morgan fingerprint density at radius 3 is 2.71 bits per heavy atom. The molecular formula is C15H9BrN2O3. The zero-order valence-corrected chi connectivity index (χ0v) is 12.2. The lowest BCUT2D eigenvalue weighted by Crippen LogP contribution is -1.96. The molecule has 2 aromatic carbocycles. The number of aromatic nitrogens is 2. The molecule has 0 spiro atoms. The van der Waals surface area contributed by atoms with Crippen LogP contribution in [0.5, 0.6) is 0 Å². The Labute approximate surface area is 128 Å². The molecule has 0 fully saturated rings. The monoisotopic (exact) mass is 344 g/mol. The van der Waals surface area contributed by atoms with Crippen molar-refractivity contribution in [3.8, 4) is 22.8 Å². The summed E-state index contributed by atoms with van der Waals surface area (Å²) in [6.45, 7) is 0. The molecular weight excluding hydrogens is 336 g/mol. The van der Waals surface area contributed by atoms with Crippen LogP contribution in [0.3, 0.4) is 0 Å². The second-order valence-corrected chi connectivity index (χ2v) is 5.14. The molecule has 0 amide bonds. The first-order chi connectivity index (χ1) is 10.1. The molecule has 1 N–H and O–H groups in total. The van der Waals surface area contributed by atoms with Crippen LogP contribution in [0.1, 0.15) is 10.4 Å². The van der Waals surface area contributed by atoms with E-state index in [1.165, 1.54) is 12.1 Å². The molecule has 1 aromatic heterocycles. The third kappa shape index (κ3) is 2.71. The average molecular weight is 345 g/mol. The predicted molar refractivity (Wildman–Crippen MR) is 79.8 cm³/mol. The minimum atomic E-state index is -0.994. The van der Waals surface area contributed by atoms with Crippen molar-refractivity contribution < 1.29 is 14.4 Å². The van der Waals surface area contributed by atoms with E-state index in [9.17, 15) is 4.79 Å². The zero-order chi connectivity index (χ0) is 14.8. The number of carboxylic acids is 1. The molecule has 0 saturated heterocycles. The molecule has 0 aliphatic rings. The summed E-state index contributed by atoms with van der Waals surface area (Å²) in [7, 11) is 0. The first kappa shape index (κ1) is 13.5. The van der Waals surface area contributed by atoms with E-state index in [4.69, 9.17) is 9.63 Å². The summed E-state index contributed by atoms with van der Waals surface area (Å²) in [4.78, 5) is 15.3. The van der Waals surface area contributed by atoms with Crippen LogP contribution in [0.2, 0.25) is 0 Å². The van der Waals surface area contributed by atoms with E-state index in [-0.39, 0.29) is 5.56 Å². The summed E-state index contributed by atoms with van der Waals surface area (Å²) in [6, 6.07) is 13.9. The maximum Gasteiger partial charge on any atom is 0.335 e. The van der Waals surface area contributed by atoms with Gasteiger partial charge in [0.2, 0.25) is 5.82 Å². The van der Waals surface area contributed by atoms with Crippen LogP contribution < -0.4 is 0 Å². The van der Waals surface area contributed by atoms with Gasteiger partial charge in [0.15, 0.2) is 0 Å². The van der Waals surface area contributed by atoms with Gasteiger partial charge < -0.3 is 9.63 Å². The van der Waals surface area contributed by atoms with Crippen LogP contribution in [0, 0.1) is 0 Å². The Morgan fingerprint density at radius 2 is 1.95 bits per heavy atom. The Hall–Kier alpha value is -2.47. The number of aromatic carboxylic acids is 1. The Morgan fingerprint density at radius 1 is 1.14 bits per heavy atom. The SMILES string of the molecule is O=C(O)c1cccc(-c2noc(-c3ccccc3Br)n2)c1. The molecule has 0 bridgehead atoms. The largest absolute Gasteiger partial charge is 0.478 e. The highest BCUT2D eigenvalue weighted by Crippen LogP contribution is 2.28. The van der Waals surface area contributed by atoms with Crippen molar-refractivity contribution in [3.63, 3.8) is 0 Å². The van der Waals surface area contributed by atoms with Crippen LogP contribution in [0.4, 0.5) is 0 Å². The maximum absolute atomic E-state index is 11.0. The maximum atomic E-state index is 11.0. The normalized spacial score (nSPS) is 10.5. The summed E-state index contributed by atoms with van der Waals surface area (Å²) < 4.78 is 6.09. The fourth-order valence-corrected chi connectivity index (χ4v) is 2.33. The predicted octanol–water partition coefficient (Wildman–Crippen LogP) is 3.86. The highest BCUT2D eigenvalue weighted by atomic mass is 79.9. The minimum Gasteiger partial charge on any atom is -0.478 e. The van der Waals surface area contributed by atoms with E-state index in [1.807, 2.05) is 24.3 Å². The lowest BCUT2D eigenvalue weighted by molar-refractivity contribution is 0.0697. The molecule has 0 saturated carbocycles. The van der Waals surface area contributed by atoms with Gasteiger partial charge in [-0.2, -0.15) is 4.98 Å². The van der Waals surface area contributed by atoms with Gasteiger partial charge in [-0.15, -0.1) is 0 Å². The van der Waals surface area contributed by atoms with Crippen molar-refractivity contribution in [1.29, 1.82) is 0 Å². The quantitative estimate of drug-likeness (QED) is 0.780. The third-order valence-corrected chi connectivity index (χ3v) is 3.59. The average Bonchev–Trinajstić information content (AvgIpc) is 2.97. The zero-order valence-electron chi connectivity index (χ0n) is 10.7. The Bertz CT molecular complexity index is 814. The van der Waals surface area contributed by atoms with E-state index in [1.54, 1.807) is 12.1 Å². The number of hydrogen-bond donors (Lipinski definition) is 1. The summed E-state index contributed by atoms with van der Waals surface area (Å²) in [5.74, 6) is -0.270. The number of hydrogen-bond acceptors (Lipinski definition) is 4. The van der Waals surface area contributed by atoms with Gasteiger partial charge in [0.1, 0.15) is 0 Å². The molecule has 1 heterocycles. The van der Waals surface area contributed by atoms with E-state index in [0.717, 1.165) is 10.0 Å². The number of rotatable bonds is 3. The van der Waals surface area contributed by atoms with E-state index >= 15 is 0 Å². The highest BCUT2D eigenvalue weighted by Gasteiger charge is 2.14. The van der Waals surface area contributed by atoms with Crippen LogP contribution in [-0.4, -0.2) is 21.2 Å². The third-order valence-electron chi connectivity index (χ3n) is 2.90. The van der Waals surface area contributed by atoms with Gasteiger partial charge in [-0.05, 0) is 40.2 Å².